The van der Waals surface area contributed by atoms with Crippen LogP contribution in [0.4, 0.5) is 5.69 Å². The van der Waals surface area contributed by atoms with Gasteiger partial charge >= 0.3 is 5.97 Å². The lowest BCUT2D eigenvalue weighted by atomic mass is 9.57. The van der Waals surface area contributed by atoms with E-state index in [0.717, 1.165) is 37.7 Å². The Kier molecular flexibility index (Phi) is 10.2. The highest BCUT2D eigenvalue weighted by Crippen LogP contribution is 2.64. The number of phenols is 2. The van der Waals surface area contributed by atoms with E-state index in [1.807, 2.05) is 24.3 Å². The molecule has 14 heteroatoms. The number of hydrogen-bond acceptors (Lipinski definition) is 12. The molecule has 8 rings (SSSR count). The zero-order chi connectivity index (χ0) is 40.1. The summed E-state index contributed by atoms with van der Waals surface area (Å²) in [5.74, 6) is -3.90. The second-order valence-corrected chi connectivity index (χ2v) is 15.4. The number of carbonyl (C=O) groups is 2. The number of ether oxygens (including phenoxy) is 2. The third-order valence-electron chi connectivity index (χ3n) is 12.3. The number of fused-ring (bicyclic) bond motifs is 3. The van der Waals surface area contributed by atoms with Crippen molar-refractivity contribution in [3.63, 3.8) is 0 Å². The van der Waals surface area contributed by atoms with Crippen molar-refractivity contribution in [1.29, 1.82) is 0 Å². The Bertz CT molecular complexity index is 2160. The Morgan fingerprint density at radius 3 is 2.42 bits per heavy atom. The molecule has 3 aromatic carbocycles. The predicted molar refractivity (Wildman–Crippen MR) is 209 cm³/mol. The number of aliphatic imine (C=N–C) groups is 2. The maximum atomic E-state index is 14.7. The number of allylic oxidation sites excluding steroid dienone is 1. The number of amides is 1. The molecule has 14 nitrogen and oxygen atoms in total. The maximum Gasteiger partial charge on any atom is 0.334 e. The van der Waals surface area contributed by atoms with Gasteiger partial charge in [0.1, 0.15) is 36.8 Å². The molecule has 8 atom stereocenters. The van der Waals surface area contributed by atoms with E-state index in [2.05, 4.69) is 22.1 Å². The topological polar surface area (TPSA) is 222 Å². The van der Waals surface area contributed by atoms with E-state index >= 15 is 0 Å². The molecular weight excluding hydrogens is 734 g/mol. The van der Waals surface area contributed by atoms with E-state index in [-0.39, 0.29) is 17.2 Å². The van der Waals surface area contributed by atoms with Crippen molar-refractivity contribution >= 4 is 35.6 Å². The normalized spacial score (nSPS) is 30.0. The number of benzene rings is 3. The number of nitrogens with zero attached hydrogens (tertiary/aromatic N) is 3. The van der Waals surface area contributed by atoms with Gasteiger partial charge in [-0.15, -0.1) is 0 Å². The first-order valence-electron chi connectivity index (χ1n) is 19.2. The first-order valence-corrected chi connectivity index (χ1v) is 19.2. The number of phenolic OH excluding ortho intramolecular Hbond substituents is 2. The van der Waals surface area contributed by atoms with Gasteiger partial charge in [-0.2, -0.15) is 0 Å². The van der Waals surface area contributed by atoms with Crippen LogP contribution in [0.1, 0.15) is 60.3 Å². The highest BCUT2D eigenvalue weighted by Gasteiger charge is 2.65. The SMILES string of the molecule is O=C(C=Cc1ccc(O)c(CC2=NCN=C2)c1)N1c2cc(OC3OC(CO)C(O)C(O)C3O)c(O)cc2C2C(C3(c4ccccc4)CCCCC3)C=CC21C(=O)O. The Hall–Kier alpha value is -5.38. The van der Waals surface area contributed by atoms with Crippen molar-refractivity contribution in [1.82, 2.24) is 0 Å². The van der Waals surface area contributed by atoms with E-state index in [0.29, 0.717) is 35.5 Å². The molecule has 7 N–H and O–H groups in total. The summed E-state index contributed by atoms with van der Waals surface area (Å²) in [6.07, 6.45) is 4.57. The summed E-state index contributed by atoms with van der Waals surface area (Å²) in [4.78, 5) is 38.2. The van der Waals surface area contributed by atoms with E-state index < -0.39 is 77.7 Å². The molecule has 57 heavy (non-hydrogen) atoms. The molecule has 0 aromatic heterocycles. The van der Waals surface area contributed by atoms with Gasteiger partial charge in [0, 0.05) is 41.7 Å². The second kappa shape index (κ2) is 15.2. The standard InChI is InChI=1S/C43H45N3O11/c47-22-34-37(51)38(52)39(53)40(57-34)56-33-20-30-28(19-32(33)49)36-29(42(14-5-2-6-15-42)26-7-3-1-4-8-26)13-16-43(36,41(54)55)46(30)35(50)12-10-24-9-11-31(48)25(17-24)18-27-21-44-23-45-27/h1,3-4,7-13,16-17,19-21,29,34,36-40,47-49,51-53H,2,5-6,14-15,18,22-23H2,(H,54,55). The monoisotopic (exact) mass is 779 g/mol. The van der Waals surface area contributed by atoms with Crippen LogP contribution in [0.5, 0.6) is 17.2 Å². The summed E-state index contributed by atoms with van der Waals surface area (Å²) in [5, 5.41) is 74.7. The van der Waals surface area contributed by atoms with Crippen LogP contribution in [0.2, 0.25) is 0 Å². The summed E-state index contributed by atoms with van der Waals surface area (Å²) >= 11 is 0. The molecule has 0 spiro atoms. The van der Waals surface area contributed by atoms with Gasteiger partial charge in [0.25, 0.3) is 5.91 Å². The Morgan fingerprint density at radius 2 is 1.72 bits per heavy atom. The maximum absolute atomic E-state index is 14.7. The average Bonchev–Trinajstić information content (AvgIpc) is 3.95. The van der Waals surface area contributed by atoms with Crippen molar-refractivity contribution in [3.05, 3.63) is 101 Å². The van der Waals surface area contributed by atoms with Crippen LogP contribution in [-0.4, -0.2) is 109 Å². The molecule has 8 unspecified atom stereocenters. The number of aliphatic hydroxyl groups is 4. The fourth-order valence-electron chi connectivity index (χ4n) is 9.56. The average molecular weight is 780 g/mol. The second-order valence-electron chi connectivity index (χ2n) is 15.4. The molecule has 5 aliphatic rings. The number of aliphatic carboxylic acids is 1. The lowest BCUT2D eigenvalue weighted by molar-refractivity contribution is -0.277. The fourth-order valence-corrected chi connectivity index (χ4v) is 9.56. The molecule has 0 radical (unpaired) electrons. The molecule has 2 fully saturated rings. The third kappa shape index (κ3) is 6.51. The first kappa shape index (κ1) is 38.5. The number of aliphatic hydroxyl groups excluding tert-OH is 4. The highest BCUT2D eigenvalue weighted by atomic mass is 16.7. The van der Waals surface area contributed by atoms with Gasteiger partial charge in [0.05, 0.1) is 18.0 Å². The Balaban J connectivity index is 1.23. The minimum absolute atomic E-state index is 0.0477. The van der Waals surface area contributed by atoms with Crippen LogP contribution in [0.3, 0.4) is 0 Å². The van der Waals surface area contributed by atoms with E-state index in [4.69, 9.17) is 9.47 Å². The van der Waals surface area contributed by atoms with Gasteiger partial charge in [-0.1, -0.05) is 67.8 Å². The predicted octanol–water partition coefficient (Wildman–Crippen LogP) is 3.36. The van der Waals surface area contributed by atoms with Crippen LogP contribution in [0.25, 0.3) is 6.08 Å². The zero-order valence-corrected chi connectivity index (χ0v) is 31.0. The minimum atomic E-state index is -1.93. The third-order valence-corrected chi connectivity index (χ3v) is 12.3. The summed E-state index contributed by atoms with van der Waals surface area (Å²) in [5.41, 5.74) is 1.03. The first-order chi connectivity index (χ1) is 27.5. The van der Waals surface area contributed by atoms with Crippen molar-refractivity contribution < 1.29 is 54.8 Å². The van der Waals surface area contributed by atoms with Gasteiger partial charge in [0.15, 0.2) is 17.0 Å². The van der Waals surface area contributed by atoms with Gasteiger partial charge < -0.3 is 45.2 Å². The van der Waals surface area contributed by atoms with Crippen molar-refractivity contribution in [2.24, 2.45) is 15.9 Å². The molecule has 0 bridgehead atoms. The Morgan fingerprint density at radius 1 is 0.947 bits per heavy atom. The molecule has 298 valence electrons. The van der Waals surface area contributed by atoms with Crippen LogP contribution in [0, 0.1) is 5.92 Å². The summed E-state index contributed by atoms with van der Waals surface area (Å²) in [6.45, 7) is -0.385. The van der Waals surface area contributed by atoms with Gasteiger partial charge in [-0.25, -0.2) is 4.79 Å². The van der Waals surface area contributed by atoms with Gasteiger partial charge in [-0.05, 0) is 59.7 Å². The quantitative estimate of drug-likeness (QED) is 0.117. The van der Waals surface area contributed by atoms with Crippen molar-refractivity contribution in [3.8, 4) is 17.2 Å². The van der Waals surface area contributed by atoms with Crippen LogP contribution in [0.15, 0.2) is 88.9 Å². The molecule has 2 aliphatic carbocycles. The van der Waals surface area contributed by atoms with Gasteiger partial charge in [0.2, 0.25) is 6.29 Å². The van der Waals surface area contributed by atoms with E-state index in [9.17, 15) is 45.3 Å². The number of carboxylic acid groups (broad SMARTS) is 1. The minimum Gasteiger partial charge on any atom is -0.508 e. The van der Waals surface area contributed by atoms with E-state index in [1.54, 1.807) is 24.4 Å². The van der Waals surface area contributed by atoms with Gasteiger partial charge in [-0.3, -0.25) is 19.7 Å². The summed E-state index contributed by atoms with van der Waals surface area (Å²) in [7, 11) is 0. The molecule has 1 amide bonds. The van der Waals surface area contributed by atoms with E-state index in [1.165, 1.54) is 35.3 Å². The number of carbonyl (C=O) groups excluding carboxylic acids is 1. The lowest BCUT2D eigenvalue weighted by Gasteiger charge is -2.46. The molecule has 3 aliphatic heterocycles. The van der Waals surface area contributed by atoms with Crippen LogP contribution >= 0.6 is 0 Å². The van der Waals surface area contributed by atoms with Crippen molar-refractivity contribution in [2.45, 2.75) is 86.1 Å². The number of carboxylic acids is 1. The molecule has 3 heterocycles. The fraction of sp³-hybridized carbons (Fsp3) is 0.395. The van der Waals surface area contributed by atoms with Crippen molar-refractivity contribution in [2.75, 3.05) is 18.2 Å². The number of anilines is 1. The number of aromatic hydroxyl groups is 2. The number of hydrogen-bond donors (Lipinski definition) is 7. The lowest BCUT2D eigenvalue weighted by Crippen LogP contribution is -2.60. The summed E-state index contributed by atoms with van der Waals surface area (Å²) in [6, 6.07) is 17.6. The van der Waals surface area contributed by atoms with Crippen LogP contribution < -0.4 is 9.64 Å². The largest absolute Gasteiger partial charge is 0.508 e. The van der Waals surface area contributed by atoms with Crippen LogP contribution in [-0.2, 0) is 26.2 Å². The summed E-state index contributed by atoms with van der Waals surface area (Å²) < 4.78 is 11.4. The zero-order valence-electron chi connectivity index (χ0n) is 31.0. The highest BCUT2D eigenvalue weighted by molar-refractivity contribution is 6.32. The molecule has 1 saturated carbocycles. The molecule has 1 saturated heterocycles. The molecule has 3 aromatic rings. The smallest absolute Gasteiger partial charge is 0.334 e. The number of rotatable bonds is 10. The molecular formula is C43H45N3O11. The Labute approximate surface area is 328 Å².